The number of hydrogen-bond donors (Lipinski definition) is 2. The molecule has 0 fully saturated rings. The van der Waals surface area contributed by atoms with Gasteiger partial charge >= 0.3 is 11.9 Å². The van der Waals surface area contributed by atoms with Crippen LogP contribution >= 0.6 is 0 Å². The van der Waals surface area contributed by atoms with Gasteiger partial charge in [0.05, 0.1) is 23.3 Å². The maximum absolute atomic E-state index is 14.3. The van der Waals surface area contributed by atoms with Gasteiger partial charge in [-0.15, -0.1) is 0 Å². The van der Waals surface area contributed by atoms with Gasteiger partial charge < -0.3 is 19.7 Å². The van der Waals surface area contributed by atoms with Crippen LogP contribution in [0.1, 0.15) is 137 Å². The number of carbonyl (C=O) groups is 2. The standard InChI is InChI=1S/C38H58O8S/c1-13-23(7)33(17-35(39)45-19-31-25(9)15-29(21(3)4)37(41)27(31)11)47(43,44)34(24(8)14-2)18-36(40)46-20-32-26(10)16-30(22(5)6)38(42)28(32)12/h15-16,21-24,33-34,41-42H,13-14,17-20H2,1-12H3. The van der Waals surface area contributed by atoms with Crippen LogP contribution in [0.3, 0.4) is 0 Å². The van der Waals surface area contributed by atoms with Crippen LogP contribution in [0.25, 0.3) is 0 Å². The number of esters is 2. The van der Waals surface area contributed by atoms with E-state index in [2.05, 4.69) is 0 Å². The molecule has 0 aliphatic rings. The molecule has 0 radical (unpaired) electrons. The molecule has 2 aromatic rings. The quantitative estimate of drug-likeness (QED) is 0.170. The van der Waals surface area contributed by atoms with Crippen LogP contribution in [-0.4, -0.2) is 41.1 Å². The van der Waals surface area contributed by atoms with Gasteiger partial charge in [0.15, 0.2) is 9.84 Å². The van der Waals surface area contributed by atoms with Crippen molar-refractivity contribution in [3.8, 4) is 11.5 Å². The maximum atomic E-state index is 14.3. The summed E-state index contributed by atoms with van der Waals surface area (Å²) >= 11 is 0. The van der Waals surface area contributed by atoms with Crippen molar-refractivity contribution in [1.82, 2.24) is 0 Å². The van der Waals surface area contributed by atoms with E-state index in [1.54, 1.807) is 27.7 Å². The van der Waals surface area contributed by atoms with E-state index in [0.29, 0.717) is 35.1 Å². The Morgan fingerprint density at radius 1 is 0.660 bits per heavy atom. The number of carbonyl (C=O) groups excluding carboxylic acids is 2. The van der Waals surface area contributed by atoms with Crippen LogP contribution in [0.5, 0.6) is 11.5 Å². The smallest absolute Gasteiger partial charge is 0.307 e. The van der Waals surface area contributed by atoms with Crippen molar-refractivity contribution >= 4 is 21.8 Å². The minimum atomic E-state index is -4.00. The van der Waals surface area contributed by atoms with Gasteiger partial charge in [-0.3, -0.25) is 9.59 Å². The van der Waals surface area contributed by atoms with E-state index in [1.165, 1.54) is 0 Å². The molecule has 8 nitrogen and oxygen atoms in total. The van der Waals surface area contributed by atoms with Crippen LogP contribution < -0.4 is 0 Å². The molecule has 47 heavy (non-hydrogen) atoms. The van der Waals surface area contributed by atoms with E-state index < -0.39 is 32.3 Å². The first kappa shape index (κ1) is 40.1. The summed E-state index contributed by atoms with van der Waals surface area (Å²) in [6, 6.07) is 3.79. The summed E-state index contributed by atoms with van der Waals surface area (Å²) in [4.78, 5) is 26.4. The van der Waals surface area contributed by atoms with Crippen LogP contribution in [0.4, 0.5) is 0 Å². The monoisotopic (exact) mass is 674 g/mol. The van der Waals surface area contributed by atoms with Crippen molar-refractivity contribution in [1.29, 1.82) is 0 Å². The second-order valence-corrected chi connectivity index (χ2v) is 16.3. The number of aryl methyl sites for hydroxylation is 2. The Morgan fingerprint density at radius 2 is 0.979 bits per heavy atom. The molecule has 0 aliphatic carbocycles. The van der Waals surface area contributed by atoms with Gasteiger partial charge in [-0.1, -0.05) is 80.4 Å². The Bertz CT molecular complexity index is 1420. The number of hydrogen-bond acceptors (Lipinski definition) is 8. The lowest BCUT2D eigenvalue weighted by molar-refractivity contribution is -0.145. The number of aromatic hydroxyl groups is 2. The fraction of sp³-hybridized carbons (Fsp3) is 0.632. The third-order valence-electron chi connectivity index (χ3n) is 9.99. The van der Waals surface area contributed by atoms with Gasteiger partial charge in [0.1, 0.15) is 24.7 Å². The average Bonchev–Trinajstić information content (AvgIpc) is 3.00. The van der Waals surface area contributed by atoms with Crippen LogP contribution in [0.15, 0.2) is 12.1 Å². The zero-order valence-corrected chi connectivity index (χ0v) is 31.4. The molecule has 9 heteroatoms. The molecule has 264 valence electrons. The number of phenolic OH excluding ortho intramolecular Hbond substituents is 2. The molecule has 0 saturated carbocycles. The molecule has 0 spiro atoms. The zero-order chi connectivity index (χ0) is 36.0. The summed E-state index contributed by atoms with van der Waals surface area (Å²) in [7, 11) is -4.00. The summed E-state index contributed by atoms with van der Waals surface area (Å²) in [6.07, 6.45) is 0.360. The molecule has 4 atom stereocenters. The van der Waals surface area contributed by atoms with E-state index >= 15 is 0 Å². The SMILES string of the molecule is CCC(C)C(CC(=O)OCc1c(C)cc(C(C)C)c(O)c1C)S(=O)(=O)C(CC(=O)OCc1c(C)cc(C(C)C)c(O)c1C)C(C)CC. The predicted molar refractivity (Wildman–Crippen MR) is 188 cm³/mol. The first-order chi connectivity index (χ1) is 21.8. The van der Waals surface area contributed by atoms with Crippen molar-refractivity contribution in [3.05, 3.63) is 56.6 Å². The van der Waals surface area contributed by atoms with Crippen LogP contribution in [0, 0.1) is 39.5 Å². The predicted octanol–water partition coefficient (Wildman–Crippen LogP) is 8.39. The van der Waals surface area contributed by atoms with E-state index in [4.69, 9.17) is 9.47 Å². The zero-order valence-electron chi connectivity index (χ0n) is 30.6. The lowest BCUT2D eigenvalue weighted by Gasteiger charge is -2.30. The van der Waals surface area contributed by atoms with Crippen molar-refractivity contribution in [2.24, 2.45) is 11.8 Å². The maximum Gasteiger partial charge on any atom is 0.307 e. The van der Waals surface area contributed by atoms with E-state index in [1.807, 2.05) is 67.5 Å². The van der Waals surface area contributed by atoms with E-state index in [9.17, 15) is 28.2 Å². The number of phenols is 2. The molecule has 4 unspecified atom stereocenters. The molecule has 0 aromatic heterocycles. The Morgan fingerprint density at radius 3 is 1.26 bits per heavy atom. The Balaban J connectivity index is 2.28. The van der Waals surface area contributed by atoms with Gasteiger partial charge in [0.25, 0.3) is 0 Å². The normalized spacial score (nSPS) is 14.6. The highest BCUT2D eigenvalue weighted by Gasteiger charge is 2.42. The highest BCUT2D eigenvalue weighted by atomic mass is 32.2. The summed E-state index contributed by atoms with van der Waals surface area (Å²) < 4.78 is 39.8. The first-order valence-electron chi connectivity index (χ1n) is 17.0. The fourth-order valence-corrected chi connectivity index (χ4v) is 9.06. The van der Waals surface area contributed by atoms with Gasteiger partial charge in [0.2, 0.25) is 0 Å². The summed E-state index contributed by atoms with van der Waals surface area (Å²) in [5, 5.41) is 19.3. The second kappa shape index (κ2) is 16.8. The Kier molecular flexibility index (Phi) is 14.4. The molecule has 2 rings (SSSR count). The van der Waals surface area contributed by atoms with Gasteiger partial charge in [-0.05, 0) is 95.9 Å². The molecule has 0 aliphatic heterocycles. The van der Waals surface area contributed by atoms with E-state index in [-0.39, 0.29) is 61.2 Å². The summed E-state index contributed by atoms with van der Waals surface area (Å²) in [5.74, 6) is -1.42. The van der Waals surface area contributed by atoms with Crippen molar-refractivity contribution in [3.63, 3.8) is 0 Å². The molecular formula is C38H58O8S. The molecule has 0 bridgehead atoms. The Labute approximate surface area is 283 Å². The number of sulfone groups is 1. The van der Waals surface area contributed by atoms with Crippen molar-refractivity contribution in [2.75, 3.05) is 0 Å². The number of ether oxygens (including phenoxy) is 2. The van der Waals surface area contributed by atoms with E-state index in [0.717, 1.165) is 22.3 Å². The highest BCUT2D eigenvalue weighted by molar-refractivity contribution is 7.92. The molecular weight excluding hydrogens is 616 g/mol. The third-order valence-corrected chi connectivity index (χ3v) is 12.9. The topological polar surface area (TPSA) is 127 Å². The van der Waals surface area contributed by atoms with Crippen LogP contribution in [-0.2, 0) is 42.1 Å². The van der Waals surface area contributed by atoms with Gasteiger partial charge in [-0.25, -0.2) is 8.42 Å². The molecule has 0 amide bonds. The van der Waals surface area contributed by atoms with Crippen molar-refractivity contribution in [2.45, 2.75) is 144 Å². The minimum Gasteiger partial charge on any atom is -0.507 e. The lowest BCUT2D eigenvalue weighted by atomic mass is 9.93. The highest BCUT2D eigenvalue weighted by Crippen LogP contribution is 2.36. The van der Waals surface area contributed by atoms with Gasteiger partial charge in [-0.2, -0.15) is 0 Å². The summed E-state index contributed by atoms with van der Waals surface area (Å²) in [6.45, 7) is 22.5. The fourth-order valence-electron chi connectivity index (χ4n) is 6.20. The van der Waals surface area contributed by atoms with Crippen molar-refractivity contribution < 1.29 is 37.7 Å². The molecule has 2 aromatic carbocycles. The third kappa shape index (κ3) is 9.52. The van der Waals surface area contributed by atoms with Crippen LogP contribution in [0.2, 0.25) is 0 Å². The number of benzene rings is 2. The minimum absolute atomic E-state index is 0.0800. The summed E-state index contributed by atoms with van der Waals surface area (Å²) in [5.41, 5.74) is 6.07. The molecule has 2 N–H and O–H groups in total. The lowest BCUT2D eigenvalue weighted by Crippen LogP contribution is -2.42. The largest absolute Gasteiger partial charge is 0.507 e. The van der Waals surface area contributed by atoms with Gasteiger partial charge in [0, 0.05) is 0 Å². The average molecular weight is 675 g/mol. The second-order valence-electron chi connectivity index (χ2n) is 13.9. The molecule has 0 heterocycles. The molecule has 0 saturated heterocycles. The Hall–Kier alpha value is -3.07. The first-order valence-corrected chi connectivity index (χ1v) is 18.6. The number of rotatable bonds is 16.